The van der Waals surface area contributed by atoms with Crippen molar-refractivity contribution in [1.29, 1.82) is 0 Å². The Kier molecular flexibility index (Phi) is 5.81. The summed E-state index contributed by atoms with van der Waals surface area (Å²) in [7, 11) is 0. The summed E-state index contributed by atoms with van der Waals surface area (Å²) in [5.74, 6) is -1.09. The van der Waals surface area contributed by atoms with Crippen LogP contribution in [0.1, 0.15) is 45.9 Å². The predicted octanol–water partition coefficient (Wildman–Crippen LogP) is 3.28. The van der Waals surface area contributed by atoms with Gasteiger partial charge in [0.1, 0.15) is 18.0 Å². The standard InChI is InChI=1S/C15H21F4N5O/c1-7(2)20-13-22-12(9-5-4-6-10(25)11(9)16)23-14(24-13)21-8(3)15(17,18)19/h7-8,10,25H,4-6H2,1-3H3,(H2,20,21,22,23,24)/t8-,10-/m0/s1. The molecule has 0 amide bonds. The van der Waals surface area contributed by atoms with Gasteiger partial charge in [0.05, 0.1) is 0 Å². The molecule has 0 unspecified atom stereocenters. The molecule has 1 aliphatic carbocycles. The predicted molar refractivity (Wildman–Crippen MR) is 85.6 cm³/mol. The van der Waals surface area contributed by atoms with Crippen LogP contribution in [0.15, 0.2) is 5.83 Å². The second kappa shape index (κ2) is 7.51. The lowest BCUT2D eigenvalue weighted by atomic mass is 9.96. The summed E-state index contributed by atoms with van der Waals surface area (Å²) >= 11 is 0. The van der Waals surface area contributed by atoms with Crippen molar-refractivity contribution in [3.05, 3.63) is 11.7 Å². The Bertz CT molecular complexity index is 647. The second-order valence-corrected chi connectivity index (χ2v) is 6.25. The molecule has 2 rings (SSSR count). The van der Waals surface area contributed by atoms with Crippen LogP contribution in [0.2, 0.25) is 0 Å². The molecule has 1 heterocycles. The highest BCUT2D eigenvalue weighted by molar-refractivity contribution is 5.65. The molecule has 0 spiro atoms. The topological polar surface area (TPSA) is 83.0 Å². The van der Waals surface area contributed by atoms with Crippen LogP contribution in [0, 0.1) is 0 Å². The largest absolute Gasteiger partial charge is 0.408 e. The molecule has 2 atom stereocenters. The Morgan fingerprint density at radius 2 is 1.68 bits per heavy atom. The molecule has 10 heteroatoms. The van der Waals surface area contributed by atoms with Gasteiger partial charge in [-0.3, -0.25) is 0 Å². The van der Waals surface area contributed by atoms with E-state index in [1.807, 2.05) is 0 Å². The highest BCUT2D eigenvalue weighted by Crippen LogP contribution is 2.32. The van der Waals surface area contributed by atoms with Gasteiger partial charge in [-0.05, 0) is 40.0 Å². The van der Waals surface area contributed by atoms with Gasteiger partial charge in [0.15, 0.2) is 5.82 Å². The molecular formula is C15H21F4N5O. The molecule has 0 aromatic carbocycles. The van der Waals surface area contributed by atoms with Gasteiger partial charge < -0.3 is 15.7 Å². The van der Waals surface area contributed by atoms with Crippen LogP contribution in [0.3, 0.4) is 0 Å². The van der Waals surface area contributed by atoms with E-state index in [9.17, 15) is 22.7 Å². The third kappa shape index (κ3) is 5.00. The fourth-order valence-corrected chi connectivity index (χ4v) is 2.31. The van der Waals surface area contributed by atoms with E-state index in [-0.39, 0.29) is 35.8 Å². The lowest BCUT2D eigenvalue weighted by Gasteiger charge is -2.21. The number of aliphatic hydroxyl groups excluding tert-OH is 1. The van der Waals surface area contributed by atoms with E-state index in [0.717, 1.165) is 6.92 Å². The van der Waals surface area contributed by atoms with Gasteiger partial charge in [-0.2, -0.15) is 28.1 Å². The minimum Gasteiger partial charge on any atom is -0.386 e. The van der Waals surface area contributed by atoms with Crippen molar-refractivity contribution in [2.24, 2.45) is 0 Å². The first-order chi connectivity index (χ1) is 11.6. The fourth-order valence-electron chi connectivity index (χ4n) is 2.31. The second-order valence-electron chi connectivity index (χ2n) is 6.25. The molecule has 0 saturated heterocycles. The first kappa shape index (κ1) is 19.4. The molecule has 25 heavy (non-hydrogen) atoms. The van der Waals surface area contributed by atoms with Crippen molar-refractivity contribution >= 4 is 17.5 Å². The van der Waals surface area contributed by atoms with Crippen molar-refractivity contribution < 1.29 is 22.7 Å². The number of rotatable bonds is 5. The molecule has 0 saturated carbocycles. The maximum absolute atomic E-state index is 14.2. The molecule has 1 aliphatic rings. The average Bonchev–Trinajstić information content (AvgIpc) is 2.48. The SMILES string of the molecule is CC(C)Nc1nc(N[C@@H](C)C(F)(F)F)nc(C2=C(F)[C@@H](O)CCC2)n1. The van der Waals surface area contributed by atoms with Crippen LogP contribution in [-0.2, 0) is 0 Å². The molecule has 0 aliphatic heterocycles. The average molecular weight is 363 g/mol. The number of alkyl halides is 3. The maximum Gasteiger partial charge on any atom is 0.408 e. The van der Waals surface area contributed by atoms with E-state index >= 15 is 0 Å². The van der Waals surface area contributed by atoms with Crippen molar-refractivity contribution in [2.75, 3.05) is 10.6 Å². The molecular weight excluding hydrogens is 342 g/mol. The van der Waals surface area contributed by atoms with E-state index in [2.05, 4.69) is 25.6 Å². The summed E-state index contributed by atoms with van der Waals surface area (Å²) in [5, 5.41) is 14.7. The van der Waals surface area contributed by atoms with Gasteiger partial charge in [-0.1, -0.05) is 0 Å². The van der Waals surface area contributed by atoms with Crippen molar-refractivity contribution in [2.45, 2.75) is 64.4 Å². The van der Waals surface area contributed by atoms with Crippen LogP contribution in [0.4, 0.5) is 29.5 Å². The molecule has 1 aromatic rings. The summed E-state index contributed by atoms with van der Waals surface area (Å²) in [6.45, 7) is 4.54. The van der Waals surface area contributed by atoms with E-state index in [4.69, 9.17) is 0 Å². The van der Waals surface area contributed by atoms with Crippen molar-refractivity contribution in [3.63, 3.8) is 0 Å². The van der Waals surface area contributed by atoms with Gasteiger partial charge in [0.2, 0.25) is 11.9 Å². The monoisotopic (exact) mass is 363 g/mol. The van der Waals surface area contributed by atoms with Crippen LogP contribution in [0.25, 0.3) is 5.57 Å². The zero-order valence-corrected chi connectivity index (χ0v) is 14.2. The normalized spacial score (nSPS) is 20.0. The number of hydrogen-bond donors (Lipinski definition) is 3. The summed E-state index contributed by atoms with van der Waals surface area (Å²) < 4.78 is 52.5. The fraction of sp³-hybridized carbons (Fsp3) is 0.667. The number of aromatic nitrogens is 3. The minimum absolute atomic E-state index is 0.0391. The highest BCUT2D eigenvalue weighted by atomic mass is 19.4. The zero-order valence-electron chi connectivity index (χ0n) is 14.2. The van der Waals surface area contributed by atoms with Gasteiger partial charge in [0.25, 0.3) is 0 Å². The Morgan fingerprint density at radius 3 is 2.24 bits per heavy atom. The molecule has 140 valence electrons. The van der Waals surface area contributed by atoms with E-state index < -0.39 is 24.1 Å². The zero-order chi connectivity index (χ0) is 18.8. The molecule has 0 bridgehead atoms. The number of aliphatic hydroxyl groups is 1. The Hall–Kier alpha value is -1.97. The quantitative estimate of drug-likeness (QED) is 0.697. The van der Waals surface area contributed by atoms with Gasteiger partial charge in [-0.15, -0.1) is 0 Å². The number of hydrogen-bond acceptors (Lipinski definition) is 6. The maximum atomic E-state index is 14.2. The first-order valence-electron chi connectivity index (χ1n) is 8.00. The lowest BCUT2D eigenvalue weighted by molar-refractivity contribution is -0.138. The van der Waals surface area contributed by atoms with E-state index in [1.165, 1.54) is 0 Å². The molecule has 0 radical (unpaired) electrons. The third-order valence-corrected chi connectivity index (χ3v) is 3.64. The molecule has 6 nitrogen and oxygen atoms in total. The van der Waals surface area contributed by atoms with Gasteiger partial charge in [0, 0.05) is 11.6 Å². The number of allylic oxidation sites excluding steroid dienone is 1. The van der Waals surface area contributed by atoms with E-state index in [0.29, 0.717) is 12.8 Å². The minimum atomic E-state index is -4.48. The Balaban J connectivity index is 2.42. The molecule has 3 N–H and O–H groups in total. The number of nitrogens with zero attached hydrogens (tertiary/aromatic N) is 3. The summed E-state index contributed by atoms with van der Waals surface area (Å²) in [5.41, 5.74) is 0.0932. The summed E-state index contributed by atoms with van der Waals surface area (Å²) in [6.07, 6.45) is -4.61. The van der Waals surface area contributed by atoms with Crippen LogP contribution >= 0.6 is 0 Å². The molecule has 1 aromatic heterocycles. The van der Waals surface area contributed by atoms with Gasteiger partial charge in [-0.25, -0.2) is 4.39 Å². The summed E-state index contributed by atoms with van der Waals surface area (Å²) in [4.78, 5) is 11.9. The van der Waals surface area contributed by atoms with Crippen LogP contribution in [-0.4, -0.2) is 44.4 Å². The number of nitrogens with one attached hydrogen (secondary N) is 2. The van der Waals surface area contributed by atoms with Crippen molar-refractivity contribution in [3.8, 4) is 0 Å². The third-order valence-electron chi connectivity index (χ3n) is 3.64. The lowest BCUT2D eigenvalue weighted by Crippen LogP contribution is -2.34. The summed E-state index contributed by atoms with van der Waals surface area (Å²) in [6, 6.07) is -1.97. The van der Waals surface area contributed by atoms with Crippen LogP contribution < -0.4 is 10.6 Å². The smallest absolute Gasteiger partial charge is 0.386 e. The van der Waals surface area contributed by atoms with Crippen molar-refractivity contribution in [1.82, 2.24) is 15.0 Å². The number of halogens is 4. The molecule has 0 fully saturated rings. The van der Waals surface area contributed by atoms with Gasteiger partial charge >= 0.3 is 6.18 Å². The van der Waals surface area contributed by atoms with Crippen LogP contribution in [0.5, 0.6) is 0 Å². The first-order valence-corrected chi connectivity index (χ1v) is 8.00. The Morgan fingerprint density at radius 1 is 1.08 bits per heavy atom. The number of anilines is 2. The van der Waals surface area contributed by atoms with E-state index in [1.54, 1.807) is 13.8 Å². The Labute approximate surface area is 142 Å². The highest BCUT2D eigenvalue weighted by Gasteiger charge is 2.36.